The van der Waals surface area contributed by atoms with Gasteiger partial charge in [-0.1, -0.05) is 11.6 Å². The largest absolute Gasteiger partial charge is 0.416 e. The lowest BCUT2D eigenvalue weighted by atomic mass is 10.1. The smallest absolute Gasteiger partial charge is 0.375 e. The second-order valence-corrected chi connectivity index (χ2v) is 7.56. The highest BCUT2D eigenvalue weighted by molar-refractivity contribution is 7.15. The van der Waals surface area contributed by atoms with Crippen molar-refractivity contribution >= 4 is 28.1 Å². The van der Waals surface area contributed by atoms with Crippen molar-refractivity contribution in [1.29, 1.82) is 0 Å². The summed E-state index contributed by atoms with van der Waals surface area (Å²) in [6, 6.07) is 3.95. The van der Waals surface area contributed by atoms with Crippen molar-refractivity contribution in [3.8, 4) is 11.3 Å². The first kappa shape index (κ1) is 17.5. The van der Waals surface area contributed by atoms with E-state index >= 15 is 0 Å². The summed E-state index contributed by atoms with van der Waals surface area (Å²) in [6.07, 6.45) is -2.20. The first-order valence-electron chi connectivity index (χ1n) is 7.61. The fraction of sp³-hybridized carbons (Fsp3) is 0.438. The van der Waals surface area contributed by atoms with Crippen LogP contribution in [0.5, 0.6) is 0 Å². The van der Waals surface area contributed by atoms with Crippen LogP contribution >= 0.6 is 22.9 Å². The standard InChI is InChI=1S/C16H17ClF3N3S/c1-9-3-2-4-23(9)8-13-14(22-15(21)24-13)10-5-11(16(18,19)20)7-12(17)6-10/h5-7,9H,2-4,8H2,1H3,(H2,21,22)/t9-/m1/s1. The van der Waals surface area contributed by atoms with Gasteiger partial charge in [0.15, 0.2) is 5.13 Å². The molecule has 0 aliphatic carbocycles. The molecule has 0 saturated carbocycles. The molecular weight excluding hydrogens is 359 g/mol. The Morgan fingerprint density at radius 2 is 2.12 bits per heavy atom. The Hall–Kier alpha value is -1.31. The molecule has 1 aliphatic rings. The molecule has 0 amide bonds. The number of nitrogens with two attached hydrogens (primary N) is 1. The molecule has 0 spiro atoms. The maximum Gasteiger partial charge on any atom is 0.416 e. The molecule has 3 nitrogen and oxygen atoms in total. The Bertz CT molecular complexity index is 745. The van der Waals surface area contributed by atoms with E-state index in [0.29, 0.717) is 29.0 Å². The Labute approximate surface area is 147 Å². The SMILES string of the molecule is C[C@@H]1CCCN1Cc1sc(N)nc1-c1cc(Cl)cc(C(F)(F)F)c1. The zero-order valence-corrected chi connectivity index (χ0v) is 14.6. The van der Waals surface area contributed by atoms with Crippen molar-refractivity contribution in [2.24, 2.45) is 0 Å². The van der Waals surface area contributed by atoms with Gasteiger partial charge < -0.3 is 5.73 Å². The predicted octanol–water partition coefficient (Wildman–Crippen LogP) is 5.05. The number of aromatic nitrogens is 1. The maximum absolute atomic E-state index is 13.0. The number of rotatable bonds is 3. The highest BCUT2D eigenvalue weighted by Crippen LogP contribution is 2.38. The first-order chi connectivity index (χ1) is 11.2. The third-order valence-electron chi connectivity index (χ3n) is 4.25. The number of nitrogen functional groups attached to an aromatic ring is 1. The van der Waals surface area contributed by atoms with E-state index in [0.717, 1.165) is 36.4 Å². The minimum absolute atomic E-state index is 0.0342. The van der Waals surface area contributed by atoms with Gasteiger partial charge in [0.25, 0.3) is 0 Å². The van der Waals surface area contributed by atoms with Gasteiger partial charge in [-0.25, -0.2) is 4.98 Å². The van der Waals surface area contributed by atoms with Gasteiger partial charge in [-0.3, -0.25) is 4.90 Å². The Morgan fingerprint density at radius 1 is 1.38 bits per heavy atom. The van der Waals surface area contributed by atoms with Gasteiger partial charge in [0.1, 0.15) is 0 Å². The second kappa shape index (κ2) is 6.54. The van der Waals surface area contributed by atoms with Crippen LogP contribution in [0.1, 0.15) is 30.2 Å². The summed E-state index contributed by atoms with van der Waals surface area (Å²) in [5.41, 5.74) is 5.88. The summed E-state index contributed by atoms with van der Waals surface area (Å²) in [5.74, 6) is 0. The minimum Gasteiger partial charge on any atom is -0.375 e. The number of benzene rings is 1. The third-order valence-corrected chi connectivity index (χ3v) is 5.34. The quantitative estimate of drug-likeness (QED) is 0.816. The first-order valence-corrected chi connectivity index (χ1v) is 8.81. The van der Waals surface area contributed by atoms with Gasteiger partial charge >= 0.3 is 6.18 Å². The van der Waals surface area contributed by atoms with Gasteiger partial charge in [-0.05, 0) is 44.5 Å². The molecule has 1 aliphatic heterocycles. The maximum atomic E-state index is 13.0. The highest BCUT2D eigenvalue weighted by atomic mass is 35.5. The van der Waals surface area contributed by atoms with Gasteiger partial charge in [0, 0.05) is 28.0 Å². The van der Waals surface area contributed by atoms with Gasteiger partial charge in [0.05, 0.1) is 11.3 Å². The van der Waals surface area contributed by atoms with Crippen molar-refractivity contribution in [1.82, 2.24) is 9.88 Å². The number of nitrogens with zero attached hydrogens (tertiary/aromatic N) is 2. The summed E-state index contributed by atoms with van der Waals surface area (Å²) >= 11 is 7.21. The number of hydrogen-bond donors (Lipinski definition) is 1. The number of thiazole rings is 1. The van der Waals surface area contributed by atoms with E-state index in [4.69, 9.17) is 17.3 Å². The minimum atomic E-state index is -4.45. The van der Waals surface area contributed by atoms with Crippen molar-refractivity contribution in [3.63, 3.8) is 0 Å². The van der Waals surface area contributed by atoms with E-state index in [1.165, 1.54) is 17.4 Å². The van der Waals surface area contributed by atoms with Crippen molar-refractivity contribution in [3.05, 3.63) is 33.7 Å². The lowest BCUT2D eigenvalue weighted by molar-refractivity contribution is -0.137. The van der Waals surface area contributed by atoms with Crippen LogP contribution in [0, 0.1) is 0 Å². The molecule has 0 radical (unpaired) electrons. The Morgan fingerprint density at radius 3 is 2.75 bits per heavy atom. The summed E-state index contributed by atoms with van der Waals surface area (Å²) in [4.78, 5) is 7.43. The van der Waals surface area contributed by atoms with Crippen LogP contribution in [0.3, 0.4) is 0 Å². The molecule has 0 bridgehead atoms. The van der Waals surface area contributed by atoms with Gasteiger partial charge in [-0.15, -0.1) is 11.3 Å². The van der Waals surface area contributed by atoms with Crippen LogP contribution in [0.15, 0.2) is 18.2 Å². The van der Waals surface area contributed by atoms with Crippen LogP contribution in [-0.4, -0.2) is 22.5 Å². The van der Waals surface area contributed by atoms with E-state index in [9.17, 15) is 13.2 Å². The normalized spacial score (nSPS) is 19.1. The Balaban J connectivity index is 1.99. The van der Waals surface area contributed by atoms with Crippen molar-refractivity contribution < 1.29 is 13.2 Å². The number of alkyl halides is 3. The summed E-state index contributed by atoms with van der Waals surface area (Å²) in [5, 5.41) is 0.382. The van der Waals surface area contributed by atoms with Gasteiger partial charge in [0.2, 0.25) is 0 Å². The van der Waals surface area contributed by atoms with Crippen molar-refractivity contribution in [2.45, 2.75) is 38.5 Å². The molecule has 130 valence electrons. The molecule has 2 aromatic rings. The van der Waals surface area contributed by atoms with E-state index in [1.807, 2.05) is 0 Å². The number of halogens is 4. The molecule has 2 N–H and O–H groups in total. The second-order valence-electron chi connectivity index (χ2n) is 6.01. The number of hydrogen-bond acceptors (Lipinski definition) is 4. The molecule has 24 heavy (non-hydrogen) atoms. The predicted molar refractivity (Wildman–Crippen MR) is 91.1 cm³/mol. The molecule has 1 aromatic carbocycles. The molecule has 1 atom stereocenters. The average Bonchev–Trinajstić information content (AvgIpc) is 3.04. The number of likely N-dealkylation sites (tertiary alicyclic amines) is 1. The zero-order chi connectivity index (χ0) is 17.5. The van der Waals surface area contributed by atoms with E-state index < -0.39 is 11.7 Å². The molecule has 3 rings (SSSR count). The number of anilines is 1. The van der Waals surface area contributed by atoms with E-state index in [2.05, 4.69) is 16.8 Å². The lowest BCUT2D eigenvalue weighted by Crippen LogP contribution is -2.25. The van der Waals surface area contributed by atoms with Gasteiger partial charge in [-0.2, -0.15) is 13.2 Å². The van der Waals surface area contributed by atoms with E-state index in [1.54, 1.807) is 0 Å². The fourth-order valence-electron chi connectivity index (χ4n) is 3.00. The molecular formula is C16H17ClF3N3S. The monoisotopic (exact) mass is 375 g/mol. The Kier molecular flexibility index (Phi) is 4.77. The van der Waals surface area contributed by atoms with Crippen LogP contribution in [0.2, 0.25) is 5.02 Å². The summed E-state index contributed by atoms with van der Waals surface area (Å²) in [6.45, 7) is 3.76. The molecule has 2 heterocycles. The molecule has 1 fully saturated rings. The molecule has 1 aromatic heterocycles. The third kappa shape index (κ3) is 3.68. The topological polar surface area (TPSA) is 42.1 Å². The summed E-state index contributed by atoms with van der Waals surface area (Å²) < 4.78 is 39.1. The lowest BCUT2D eigenvalue weighted by Gasteiger charge is -2.20. The molecule has 1 saturated heterocycles. The average molecular weight is 376 g/mol. The molecule has 0 unspecified atom stereocenters. The van der Waals surface area contributed by atoms with Crippen LogP contribution in [-0.2, 0) is 12.7 Å². The zero-order valence-electron chi connectivity index (χ0n) is 13.0. The van der Waals surface area contributed by atoms with Crippen molar-refractivity contribution in [2.75, 3.05) is 12.3 Å². The van der Waals surface area contributed by atoms with Crippen LogP contribution in [0.4, 0.5) is 18.3 Å². The highest BCUT2D eigenvalue weighted by Gasteiger charge is 2.32. The molecule has 8 heteroatoms. The van der Waals surface area contributed by atoms with Crippen LogP contribution < -0.4 is 5.73 Å². The van der Waals surface area contributed by atoms with Crippen LogP contribution in [0.25, 0.3) is 11.3 Å². The summed E-state index contributed by atoms with van der Waals surface area (Å²) in [7, 11) is 0. The fourth-order valence-corrected chi connectivity index (χ4v) is 4.12. The van der Waals surface area contributed by atoms with E-state index in [-0.39, 0.29) is 5.02 Å².